The number of pyridine rings is 2. The smallest absolute Gasteiger partial charge is 0.319 e. The lowest BCUT2D eigenvalue weighted by molar-refractivity contribution is 0.251. The van der Waals surface area contributed by atoms with Crippen LogP contribution in [0.3, 0.4) is 0 Å². The maximum atomic E-state index is 12.1. The van der Waals surface area contributed by atoms with Crippen molar-refractivity contribution in [3.05, 3.63) is 90.9 Å². The number of rotatable bonds is 5. The number of amides is 2. The van der Waals surface area contributed by atoms with E-state index in [0.717, 1.165) is 10.9 Å². The summed E-state index contributed by atoms with van der Waals surface area (Å²) in [6.07, 6.45) is 4.82. The Morgan fingerprint density at radius 1 is 0.929 bits per heavy atom. The lowest BCUT2D eigenvalue weighted by atomic mass is 10.1. The van der Waals surface area contributed by atoms with E-state index in [0.29, 0.717) is 23.9 Å². The fraction of sp³-hybridized carbons (Fsp3) is 0.0455. The first-order valence-corrected chi connectivity index (χ1v) is 8.83. The van der Waals surface area contributed by atoms with Crippen LogP contribution < -0.4 is 15.4 Å². The molecule has 0 unspecified atom stereocenters. The van der Waals surface area contributed by atoms with Gasteiger partial charge >= 0.3 is 6.03 Å². The predicted molar refractivity (Wildman–Crippen MR) is 108 cm³/mol. The Hall–Kier alpha value is -3.93. The van der Waals surface area contributed by atoms with Crippen molar-refractivity contribution in [2.45, 2.75) is 6.54 Å². The van der Waals surface area contributed by atoms with Crippen LogP contribution in [0.4, 0.5) is 10.5 Å². The molecule has 6 nitrogen and oxygen atoms in total. The second kappa shape index (κ2) is 8.18. The first-order valence-electron chi connectivity index (χ1n) is 8.83. The van der Waals surface area contributed by atoms with E-state index in [1.165, 1.54) is 5.39 Å². The Balaban J connectivity index is 1.31. The number of fused-ring (bicyclic) bond motifs is 1. The van der Waals surface area contributed by atoms with Gasteiger partial charge in [0.2, 0.25) is 5.88 Å². The summed E-state index contributed by atoms with van der Waals surface area (Å²) >= 11 is 0. The van der Waals surface area contributed by atoms with Gasteiger partial charge in [0, 0.05) is 18.8 Å². The van der Waals surface area contributed by atoms with Crippen LogP contribution in [0, 0.1) is 0 Å². The Morgan fingerprint density at radius 3 is 2.61 bits per heavy atom. The summed E-state index contributed by atoms with van der Waals surface area (Å²) in [5.74, 6) is 1.03. The molecule has 0 aliphatic heterocycles. The van der Waals surface area contributed by atoms with E-state index in [4.69, 9.17) is 4.74 Å². The van der Waals surface area contributed by atoms with Gasteiger partial charge in [0.15, 0.2) is 0 Å². The molecular weight excluding hydrogens is 352 g/mol. The molecule has 138 valence electrons. The molecule has 6 heteroatoms. The lowest BCUT2D eigenvalue weighted by Crippen LogP contribution is -2.28. The average molecular weight is 370 g/mol. The second-order valence-corrected chi connectivity index (χ2v) is 6.17. The normalized spacial score (nSPS) is 10.4. The van der Waals surface area contributed by atoms with Crippen molar-refractivity contribution in [2.75, 3.05) is 5.32 Å². The quantitative estimate of drug-likeness (QED) is 0.532. The molecule has 0 atom stereocenters. The summed E-state index contributed by atoms with van der Waals surface area (Å²) in [5.41, 5.74) is 1.61. The number of aromatic nitrogens is 2. The van der Waals surface area contributed by atoms with Crippen LogP contribution in [-0.4, -0.2) is 16.0 Å². The van der Waals surface area contributed by atoms with E-state index in [-0.39, 0.29) is 6.03 Å². The third kappa shape index (κ3) is 4.42. The van der Waals surface area contributed by atoms with Crippen LogP contribution >= 0.6 is 0 Å². The molecule has 0 spiro atoms. The zero-order chi connectivity index (χ0) is 19.2. The number of nitrogens with zero attached hydrogens (tertiary/aromatic N) is 2. The number of anilines is 1. The van der Waals surface area contributed by atoms with Gasteiger partial charge < -0.3 is 15.4 Å². The molecule has 2 heterocycles. The van der Waals surface area contributed by atoms with Crippen LogP contribution in [0.5, 0.6) is 11.6 Å². The first kappa shape index (κ1) is 17.5. The number of carbonyl (C=O) groups is 1. The molecule has 0 aliphatic rings. The molecule has 0 fully saturated rings. The second-order valence-electron chi connectivity index (χ2n) is 6.17. The van der Waals surface area contributed by atoms with Crippen molar-refractivity contribution in [3.8, 4) is 11.6 Å². The highest BCUT2D eigenvalue weighted by Crippen LogP contribution is 2.19. The largest absolute Gasteiger partial charge is 0.437 e. The molecule has 2 aromatic heterocycles. The SMILES string of the molecule is O=C(NCc1ccc2ccccc2c1)Nc1ccc(Oc2cccnc2)nc1. The first-order chi connectivity index (χ1) is 13.8. The van der Waals surface area contributed by atoms with Gasteiger partial charge in [-0.05, 0) is 40.6 Å². The van der Waals surface area contributed by atoms with Crippen molar-refractivity contribution in [1.29, 1.82) is 0 Å². The molecule has 0 saturated carbocycles. The maximum absolute atomic E-state index is 12.1. The molecule has 2 aromatic carbocycles. The van der Waals surface area contributed by atoms with Gasteiger partial charge in [-0.1, -0.05) is 36.4 Å². The standard InChI is InChI=1S/C22H18N4O2/c27-22(25-13-16-7-8-17-4-1-2-5-18(17)12-16)26-19-9-10-21(24-14-19)28-20-6-3-11-23-15-20/h1-12,14-15H,13H2,(H2,25,26,27). The number of hydrogen-bond donors (Lipinski definition) is 2. The Labute approximate surface area is 162 Å². The highest BCUT2D eigenvalue weighted by molar-refractivity contribution is 5.89. The molecule has 28 heavy (non-hydrogen) atoms. The number of nitrogens with one attached hydrogen (secondary N) is 2. The third-order valence-electron chi connectivity index (χ3n) is 4.12. The Morgan fingerprint density at radius 2 is 1.82 bits per heavy atom. The number of hydrogen-bond acceptors (Lipinski definition) is 4. The molecule has 0 saturated heterocycles. The topological polar surface area (TPSA) is 76.1 Å². The summed E-state index contributed by atoms with van der Waals surface area (Å²) < 4.78 is 5.58. The third-order valence-corrected chi connectivity index (χ3v) is 4.12. The van der Waals surface area contributed by atoms with Crippen molar-refractivity contribution in [2.24, 2.45) is 0 Å². The minimum Gasteiger partial charge on any atom is -0.437 e. The van der Waals surface area contributed by atoms with Crippen LogP contribution in [0.25, 0.3) is 10.8 Å². The van der Waals surface area contributed by atoms with Crippen molar-refractivity contribution >= 4 is 22.5 Å². The predicted octanol–water partition coefficient (Wildman–Crippen LogP) is 4.74. The fourth-order valence-corrected chi connectivity index (χ4v) is 2.75. The number of ether oxygens (including phenoxy) is 1. The van der Waals surface area contributed by atoms with Gasteiger partial charge in [-0.2, -0.15) is 0 Å². The van der Waals surface area contributed by atoms with Gasteiger partial charge in [0.05, 0.1) is 18.1 Å². The maximum Gasteiger partial charge on any atom is 0.319 e. The highest BCUT2D eigenvalue weighted by atomic mass is 16.5. The van der Waals surface area contributed by atoms with E-state index in [9.17, 15) is 4.79 Å². The van der Waals surface area contributed by atoms with Gasteiger partial charge in [0.1, 0.15) is 5.75 Å². The molecule has 0 aliphatic carbocycles. The zero-order valence-electron chi connectivity index (χ0n) is 15.0. The zero-order valence-corrected chi connectivity index (χ0v) is 15.0. The number of urea groups is 1. The van der Waals surface area contributed by atoms with Gasteiger partial charge in [0.25, 0.3) is 0 Å². The summed E-state index contributed by atoms with van der Waals surface area (Å²) in [6.45, 7) is 0.437. The van der Waals surface area contributed by atoms with Gasteiger partial charge in [-0.15, -0.1) is 0 Å². The molecule has 2 N–H and O–H groups in total. The summed E-state index contributed by atoms with van der Waals surface area (Å²) in [5, 5.41) is 7.93. The van der Waals surface area contributed by atoms with Crippen LogP contribution in [0.2, 0.25) is 0 Å². The molecule has 4 rings (SSSR count). The molecular formula is C22H18N4O2. The van der Waals surface area contributed by atoms with Crippen molar-refractivity contribution in [1.82, 2.24) is 15.3 Å². The number of benzene rings is 2. The van der Waals surface area contributed by atoms with E-state index in [1.807, 2.05) is 18.2 Å². The van der Waals surface area contributed by atoms with E-state index in [2.05, 4.69) is 44.9 Å². The lowest BCUT2D eigenvalue weighted by Gasteiger charge is -2.09. The van der Waals surface area contributed by atoms with Crippen LogP contribution in [0.1, 0.15) is 5.56 Å². The minimum atomic E-state index is -0.295. The molecule has 2 amide bonds. The summed E-state index contributed by atoms with van der Waals surface area (Å²) in [4.78, 5) is 20.3. The number of carbonyl (C=O) groups excluding carboxylic acids is 1. The fourth-order valence-electron chi connectivity index (χ4n) is 2.75. The average Bonchev–Trinajstić information content (AvgIpc) is 2.74. The van der Waals surface area contributed by atoms with E-state index < -0.39 is 0 Å². The van der Waals surface area contributed by atoms with E-state index in [1.54, 1.807) is 42.9 Å². The van der Waals surface area contributed by atoms with E-state index >= 15 is 0 Å². The summed E-state index contributed by atoms with van der Waals surface area (Å²) in [7, 11) is 0. The van der Waals surface area contributed by atoms with Crippen molar-refractivity contribution < 1.29 is 9.53 Å². The van der Waals surface area contributed by atoms with Gasteiger partial charge in [-0.3, -0.25) is 4.98 Å². The minimum absolute atomic E-state index is 0.295. The summed E-state index contributed by atoms with van der Waals surface area (Å²) in [6, 6.07) is 21.0. The van der Waals surface area contributed by atoms with Crippen LogP contribution in [-0.2, 0) is 6.54 Å². The molecule has 4 aromatic rings. The monoisotopic (exact) mass is 370 g/mol. The van der Waals surface area contributed by atoms with Gasteiger partial charge in [-0.25, -0.2) is 9.78 Å². The highest BCUT2D eigenvalue weighted by Gasteiger charge is 2.04. The van der Waals surface area contributed by atoms with Crippen molar-refractivity contribution in [3.63, 3.8) is 0 Å². The van der Waals surface area contributed by atoms with Crippen LogP contribution in [0.15, 0.2) is 85.3 Å². The Bertz CT molecular complexity index is 1080. The Kier molecular flexibility index (Phi) is 5.11. The molecule has 0 bridgehead atoms. The molecule has 0 radical (unpaired) electrons.